The molecule has 0 bridgehead atoms. The molecule has 0 aliphatic carbocycles. The van der Waals surface area contributed by atoms with Crippen LogP contribution < -0.4 is 15.2 Å². The number of amides is 1. The average molecular weight is 448 g/mol. The maximum atomic E-state index is 13.1. The summed E-state index contributed by atoms with van der Waals surface area (Å²) in [6.45, 7) is 3.19. The van der Waals surface area contributed by atoms with Crippen LogP contribution in [-0.2, 0) is 32.5 Å². The molecule has 0 fully saturated rings. The molecule has 0 aromatic heterocycles. The van der Waals surface area contributed by atoms with Gasteiger partial charge in [0.2, 0.25) is 5.91 Å². The van der Waals surface area contributed by atoms with Crippen LogP contribution in [0.3, 0.4) is 0 Å². The van der Waals surface area contributed by atoms with Crippen molar-refractivity contribution >= 4 is 27.6 Å². The summed E-state index contributed by atoms with van der Waals surface area (Å²) in [6, 6.07) is 9.37. The monoisotopic (exact) mass is 447 g/mol. The lowest BCUT2D eigenvalue weighted by molar-refractivity contribution is -0.119. The lowest BCUT2D eigenvalue weighted by Gasteiger charge is -2.28. The molecule has 2 aromatic carbocycles. The van der Waals surface area contributed by atoms with E-state index >= 15 is 0 Å². The molecule has 1 aliphatic heterocycles. The number of hydrogen-bond acceptors (Lipinski definition) is 7. The van der Waals surface area contributed by atoms with Crippen LogP contribution >= 0.6 is 0 Å². The second-order valence-corrected chi connectivity index (χ2v) is 8.75. The summed E-state index contributed by atoms with van der Waals surface area (Å²) in [5.74, 6) is -0.926. The van der Waals surface area contributed by atoms with Crippen LogP contribution in [-0.4, -0.2) is 52.0 Å². The van der Waals surface area contributed by atoms with Gasteiger partial charge in [-0.15, -0.1) is 0 Å². The fraction of sp³-hybridized carbons (Fsp3) is 0.333. The van der Waals surface area contributed by atoms with E-state index in [-0.39, 0.29) is 29.4 Å². The molecule has 1 amide bonds. The molecular formula is C21H25N3O6S. The number of nitrogens with one attached hydrogen (secondary N) is 1. The predicted molar refractivity (Wildman–Crippen MR) is 114 cm³/mol. The lowest BCUT2D eigenvalue weighted by atomic mass is 9.99. The van der Waals surface area contributed by atoms with Crippen molar-refractivity contribution in [3.05, 3.63) is 53.1 Å². The molecule has 31 heavy (non-hydrogen) atoms. The molecule has 0 atom stereocenters. The van der Waals surface area contributed by atoms with Gasteiger partial charge in [-0.1, -0.05) is 6.07 Å². The van der Waals surface area contributed by atoms with Gasteiger partial charge in [-0.2, -0.15) is 0 Å². The Kier molecular flexibility index (Phi) is 6.81. The molecular weight excluding hydrogens is 422 g/mol. The Labute approximate surface area is 181 Å². The Morgan fingerprint density at radius 2 is 1.94 bits per heavy atom. The van der Waals surface area contributed by atoms with Gasteiger partial charge in [0.15, 0.2) is 0 Å². The van der Waals surface area contributed by atoms with Gasteiger partial charge in [-0.25, -0.2) is 13.2 Å². The maximum absolute atomic E-state index is 13.1. The molecule has 3 rings (SSSR count). The molecule has 9 nitrogen and oxygen atoms in total. The van der Waals surface area contributed by atoms with Crippen molar-refractivity contribution in [1.82, 2.24) is 4.90 Å². The van der Waals surface area contributed by atoms with E-state index in [0.29, 0.717) is 18.8 Å². The number of ether oxygens (including phenoxy) is 2. The molecule has 0 unspecified atom stereocenters. The van der Waals surface area contributed by atoms with Gasteiger partial charge in [0.25, 0.3) is 10.0 Å². The van der Waals surface area contributed by atoms with E-state index in [1.54, 1.807) is 19.1 Å². The number of benzene rings is 2. The van der Waals surface area contributed by atoms with E-state index in [9.17, 15) is 18.0 Å². The normalized spacial score (nSPS) is 13.9. The summed E-state index contributed by atoms with van der Waals surface area (Å²) in [4.78, 5) is 25.0. The smallest absolute Gasteiger partial charge is 0.338 e. The summed E-state index contributed by atoms with van der Waals surface area (Å²) < 4.78 is 38.8. The van der Waals surface area contributed by atoms with E-state index in [2.05, 4.69) is 4.72 Å². The molecule has 1 aliphatic rings. The molecule has 0 saturated heterocycles. The largest absolute Gasteiger partial charge is 0.495 e. The molecule has 2 aromatic rings. The van der Waals surface area contributed by atoms with Crippen molar-refractivity contribution in [3.63, 3.8) is 0 Å². The summed E-state index contributed by atoms with van der Waals surface area (Å²) in [6.07, 6.45) is 0.741. The second kappa shape index (κ2) is 9.36. The number of methoxy groups -OCH3 is 1. The highest BCUT2D eigenvalue weighted by Crippen LogP contribution is 2.29. The molecule has 166 valence electrons. The molecule has 3 N–H and O–H groups in total. The average Bonchev–Trinajstić information content (AvgIpc) is 2.72. The molecule has 0 radical (unpaired) electrons. The zero-order chi connectivity index (χ0) is 22.6. The Morgan fingerprint density at radius 3 is 2.61 bits per heavy atom. The zero-order valence-corrected chi connectivity index (χ0v) is 18.2. The minimum absolute atomic E-state index is 0.103. The van der Waals surface area contributed by atoms with Crippen molar-refractivity contribution in [1.29, 1.82) is 0 Å². The maximum Gasteiger partial charge on any atom is 0.338 e. The predicted octanol–water partition coefficient (Wildman–Crippen LogP) is 1.52. The number of carbonyl (C=O) groups excluding carboxylic acids is 2. The highest BCUT2D eigenvalue weighted by atomic mass is 32.2. The van der Waals surface area contributed by atoms with E-state index in [1.807, 2.05) is 11.0 Å². The van der Waals surface area contributed by atoms with Gasteiger partial charge in [0, 0.05) is 18.8 Å². The number of sulfonamides is 1. The van der Waals surface area contributed by atoms with Crippen LogP contribution in [0.4, 0.5) is 5.69 Å². The number of nitrogens with two attached hydrogens (primary N) is 1. The van der Waals surface area contributed by atoms with Gasteiger partial charge in [-0.05, 0) is 54.8 Å². The Balaban J connectivity index is 1.88. The quantitative estimate of drug-likeness (QED) is 0.587. The third-order valence-corrected chi connectivity index (χ3v) is 6.30. The SMILES string of the molecule is CCOC(=O)c1ccc(OC)c(S(=O)(=O)Nc2ccc3c(c2)CN(CC(N)=O)CC3)c1. The number of esters is 1. The highest BCUT2D eigenvalue weighted by Gasteiger charge is 2.24. The Morgan fingerprint density at radius 1 is 1.16 bits per heavy atom. The summed E-state index contributed by atoms with van der Waals surface area (Å²) >= 11 is 0. The van der Waals surface area contributed by atoms with E-state index in [1.165, 1.54) is 25.3 Å². The zero-order valence-electron chi connectivity index (χ0n) is 17.4. The van der Waals surface area contributed by atoms with Crippen LogP contribution in [0.1, 0.15) is 28.4 Å². The third kappa shape index (κ3) is 5.33. The van der Waals surface area contributed by atoms with Crippen molar-refractivity contribution < 1.29 is 27.5 Å². The fourth-order valence-corrected chi connectivity index (χ4v) is 4.72. The number of anilines is 1. The Bertz CT molecular complexity index is 1100. The molecule has 0 saturated carbocycles. The van der Waals surface area contributed by atoms with Gasteiger partial charge >= 0.3 is 5.97 Å². The van der Waals surface area contributed by atoms with E-state index in [4.69, 9.17) is 15.2 Å². The van der Waals surface area contributed by atoms with Crippen molar-refractivity contribution in [2.45, 2.75) is 24.8 Å². The second-order valence-electron chi connectivity index (χ2n) is 7.10. The first kappa shape index (κ1) is 22.6. The van der Waals surface area contributed by atoms with Gasteiger partial charge < -0.3 is 15.2 Å². The first-order valence-electron chi connectivity index (χ1n) is 9.74. The van der Waals surface area contributed by atoms with Crippen LogP contribution in [0.5, 0.6) is 5.75 Å². The first-order valence-corrected chi connectivity index (χ1v) is 11.2. The topological polar surface area (TPSA) is 128 Å². The van der Waals surface area contributed by atoms with E-state index < -0.39 is 21.9 Å². The minimum Gasteiger partial charge on any atom is -0.495 e. The molecule has 0 spiro atoms. The van der Waals surface area contributed by atoms with Crippen LogP contribution in [0, 0.1) is 0 Å². The van der Waals surface area contributed by atoms with Crippen LogP contribution in [0.15, 0.2) is 41.3 Å². The number of fused-ring (bicyclic) bond motifs is 1. The van der Waals surface area contributed by atoms with Crippen molar-refractivity contribution in [2.24, 2.45) is 5.73 Å². The third-order valence-electron chi connectivity index (χ3n) is 4.89. The number of nitrogens with zero attached hydrogens (tertiary/aromatic N) is 1. The standard InChI is InChI=1S/C21H25N3O6S/c1-3-30-21(26)15-5-7-18(29-2)19(11-15)31(27,28)23-17-6-4-14-8-9-24(13-20(22)25)12-16(14)10-17/h4-7,10-11,23H,3,8-9,12-13H2,1-2H3,(H2,22,25). The van der Waals surface area contributed by atoms with Crippen molar-refractivity contribution in [2.75, 3.05) is 31.5 Å². The summed E-state index contributed by atoms with van der Waals surface area (Å²) in [5, 5.41) is 0. The number of rotatable bonds is 8. The van der Waals surface area contributed by atoms with E-state index in [0.717, 1.165) is 17.5 Å². The lowest BCUT2D eigenvalue weighted by Crippen LogP contribution is -2.37. The molecule has 10 heteroatoms. The van der Waals surface area contributed by atoms with Crippen molar-refractivity contribution in [3.8, 4) is 5.75 Å². The number of primary amides is 1. The number of hydrogen-bond donors (Lipinski definition) is 2. The van der Waals surface area contributed by atoms with Crippen LogP contribution in [0.25, 0.3) is 0 Å². The first-order chi connectivity index (χ1) is 14.7. The van der Waals surface area contributed by atoms with Gasteiger partial charge in [0.1, 0.15) is 10.6 Å². The van der Waals surface area contributed by atoms with Gasteiger partial charge in [-0.3, -0.25) is 14.4 Å². The number of carbonyl (C=O) groups is 2. The minimum atomic E-state index is -4.06. The van der Waals surface area contributed by atoms with Gasteiger partial charge in [0.05, 0.1) is 25.8 Å². The highest BCUT2D eigenvalue weighted by molar-refractivity contribution is 7.92. The molecule has 1 heterocycles. The summed E-state index contributed by atoms with van der Waals surface area (Å²) in [5.41, 5.74) is 7.76. The van der Waals surface area contributed by atoms with Crippen LogP contribution in [0.2, 0.25) is 0 Å². The summed E-state index contributed by atoms with van der Waals surface area (Å²) in [7, 11) is -2.70. The Hall–Kier alpha value is -3.11. The fourth-order valence-electron chi connectivity index (χ4n) is 3.47.